The molecule has 2 aromatic rings. The molecule has 0 aromatic heterocycles. The summed E-state index contributed by atoms with van der Waals surface area (Å²) in [5.74, 6) is -0.819. The zero-order chi connectivity index (χ0) is 22.8. The van der Waals surface area contributed by atoms with Crippen molar-refractivity contribution < 1.29 is 14.3 Å². The van der Waals surface area contributed by atoms with E-state index in [0.717, 1.165) is 16.7 Å². The normalized spacial score (nSPS) is 17.2. The van der Waals surface area contributed by atoms with Crippen molar-refractivity contribution >= 4 is 63.7 Å². The van der Waals surface area contributed by atoms with Gasteiger partial charge in [0, 0.05) is 10.0 Å². The number of allylic oxidation sites excluding steroid dienone is 5. The maximum Gasteiger partial charge on any atom is 0.325 e. The summed E-state index contributed by atoms with van der Waals surface area (Å²) < 4.78 is 4.80. The summed E-state index contributed by atoms with van der Waals surface area (Å²) in [6, 6.07) is 14.4. The highest BCUT2D eigenvalue weighted by Gasteiger charge is 2.40. The minimum Gasteiger partial charge on any atom is -0.468 e. The second-order valence-electron chi connectivity index (χ2n) is 7.21. The van der Waals surface area contributed by atoms with Crippen LogP contribution < -0.4 is 4.90 Å². The van der Waals surface area contributed by atoms with E-state index in [1.807, 2.05) is 36.4 Å². The van der Waals surface area contributed by atoms with Crippen LogP contribution in [0.15, 0.2) is 78.0 Å². The topological polar surface area (TPSA) is 49.9 Å². The van der Waals surface area contributed by atoms with Gasteiger partial charge in [-0.1, -0.05) is 47.5 Å². The summed E-state index contributed by atoms with van der Waals surface area (Å²) in [5, 5.41) is 1.41. The number of hydrogen-bond acceptors (Lipinski definition) is 4. The molecule has 4 rings (SSSR count). The molecule has 32 heavy (non-hydrogen) atoms. The summed E-state index contributed by atoms with van der Waals surface area (Å²) in [5.41, 5.74) is 3.90. The number of esters is 1. The number of carbonyl (C=O) groups excluding carboxylic acids is 2. The van der Waals surface area contributed by atoms with Gasteiger partial charge in [0.1, 0.15) is 12.2 Å². The van der Waals surface area contributed by atoms with Gasteiger partial charge < -0.3 is 9.64 Å². The van der Waals surface area contributed by atoms with Gasteiger partial charge in [-0.05, 0) is 77.8 Å². The molecule has 2 aromatic carbocycles. The maximum atomic E-state index is 13.3. The fraction of sp³-hybridized carbons (Fsp3) is 0.125. The summed E-state index contributed by atoms with van der Waals surface area (Å²) in [6.07, 6.45) is 6.33. The number of ether oxygens (including phenoxy) is 1. The Morgan fingerprint density at radius 2 is 1.88 bits per heavy atom. The van der Waals surface area contributed by atoms with Gasteiger partial charge >= 0.3 is 5.97 Å². The van der Waals surface area contributed by atoms with Gasteiger partial charge in [0.05, 0.1) is 12.8 Å². The Morgan fingerprint density at radius 3 is 2.56 bits per heavy atom. The molecular weight excluding hydrogens is 467 g/mol. The Morgan fingerprint density at radius 1 is 1.12 bits per heavy atom. The molecule has 1 heterocycles. The molecule has 2 aliphatic rings. The van der Waals surface area contributed by atoms with Crippen molar-refractivity contribution in [3.05, 3.63) is 93.6 Å². The lowest BCUT2D eigenvalue weighted by atomic mass is 10.0. The van der Waals surface area contributed by atoms with E-state index in [-0.39, 0.29) is 17.6 Å². The van der Waals surface area contributed by atoms with Crippen LogP contribution in [0, 0.1) is 0 Å². The van der Waals surface area contributed by atoms with Crippen molar-refractivity contribution in [1.29, 1.82) is 0 Å². The number of methoxy groups -OCH3 is 1. The van der Waals surface area contributed by atoms with E-state index < -0.39 is 5.97 Å². The van der Waals surface area contributed by atoms with Crippen molar-refractivity contribution in [3.8, 4) is 0 Å². The van der Waals surface area contributed by atoms with Crippen LogP contribution in [-0.2, 0) is 14.3 Å². The second kappa shape index (κ2) is 9.28. The van der Waals surface area contributed by atoms with Crippen molar-refractivity contribution in [3.63, 3.8) is 0 Å². The molecule has 1 aliphatic heterocycles. The number of amides is 1. The Kier molecular flexibility index (Phi) is 6.46. The molecule has 0 saturated carbocycles. The van der Waals surface area contributed by atoms with Gasteiger partial charge in [-0.25, -0.2) is 0 Å². The average Bonchev–Trinajstić information content (AvgIpc) is 3.33. The number of rotatable bonds is 5. The van der Waals surface area contributed by atoms with Crippen molar-refractivity contribution in [2.45, 2.75) is 6.42 Å². The van der Waals surface area contributed by atoms with E-state index >= 15 is 0 Å². The predicted molar refractivity (Wildman–Crippen MR) is 130 cm³/mol. The molecule has 0 spiro atoms. The van der Waals surface area contributed by atoms with Gasteiger partial charge in [0.15, 0.2) is 5.11 Å². The highest BCUT2D eigenvalue weighted by molar-refractivity contribution is 7.80. The molecule has 1 fully saturated rings. The van der Waals surface area contributed by atoms with Crippen LogP contribution in [0.25, 0.3) is 5.57 Å². The van der Waals surface area contributed by atoms with Gasteiger partial charge in [-0.3, -0.25) is 14.5 Å². The Hall–Kier alpha value is -2.93. The minimum atomic E-state index is -0.498. The van der Waals surface area contributed by atoms with Crippen LogP contribution in [-0.4, -0.2) is 35.5 Å². The fourth-order valence-electron chi connectivity index (χ4n) is 3.55. The molecular formula is C24H18Cl2N2O3S. The van der Waals surface area contributed by atoms with Crippen LogP contribution in [0.3, 0.4) is 0 Å². The first kappa shape index (κ1) is 22.3. The summed E-state index contributed by atoms with van der Waals surface area (Å²) in [6.45, 7) is -0.168. The molecule has 0 bridgehead atoms. The Balaban J connectivity index is 1.63. The summed E-state index contributed by atoms with van der Waals surface area (Å²) in [7, 11) is 1.30. The number of benzene rings is 2. The SMILES string of the molecule is COC(=O)CN1C(=S)N(c2ccc(Cl)cc2)C(=O)/C1=C/C1=CC=C(c2cccc(Cl)c2)C1. The smallest absolute Gasteiger partial charge is 0.325 e. The molecule has 0 radical (unpaired) electrons. The fourth-order valence-corrected chi connectivity index (χ4v) is 4.22. The number of anilines is 1. The average molecular weight is 485 g/mol. The van der Waals surface area contributed by atoms with Crippen LogP contribution >= 0.6 is 35.4 Å². The number of thiocarbonyl (C=S) groups is 1. The first-order valence-electron chi connectivity index (χ1n) is 9.73. The first-order valence-corrected chi connectivity index (χ1v) is 10.9. The number of nitrogens with zero attached hydrogens (tertiary/aromatic N) is 2. The lowest BCUT2D eigenvalue weighted by Gasteiger charge is -2.19. The van der Waals surface area contributed by atoms with Gasteiger partial charge in [0.2, 0.25) is 0 Å². The quantitative estimate of drug-likeness (QED) is 0.323. The van der Waals surface area contributed by atoms with Crippen LogP contribution in [0.2, 0.25) is 10.0 Å². The molecule has 5 nitrogen and oxygen atoms in total. The number of carbonyl (C=O) groups is 2. The van der Waals surface area contributed by atoms with Crippen molar-refractivity contribution in [2.75, 3.05) is 18.6 Å². The van der Waals surface area contributed by atoms with E-state index in [1.165, 1.54) is 16.9 Å². The van der Waals surface area contributed by atoms with Crippen LogP contribution in [0.1, 0.15) is 12.0 Å². The second-order valence-corrected chi connectivity index (χ2v) is 8.45. The first-order chi connectivity index (χ1) is 15.4. The molecule has 0 N–H and O–H groups in total. The Bertz CT molecular complexity index is 1200. The van der Waals surface area contributed by atoms with Gasteiger partial charge in [-0.15, -0.1) is 0 Å². The molecule has 1 saturated heterocycles. The largest absolute Gasteiger partial charge is 0.468 e. The molecule has 0 atom stereocenters. The molecule has 1 aliphatic carbocycles. The lowest BCUT2D eigenvalue weighted by Crippen LogP contribution is -2.35. The van der Waals surface area contributed by atoms with E-state index in [1.54, 1.807) is 30.3 Å². The monoisotopic (exact) mass is 484 g/mol. The third-order valence-corrected chi connectivity index (χ3v) is 6.04. The molecule has 1 amide bonds. The van der Waals surface area contributed by atoms with Gasteiger partial charge in [-0.2, -0.15) is 0 Å². The highest BCUT2D eigenvalue weighted by Crippen LogP contribution is 2.34. The van der Waals surface area contributed by atoms with Crippen molar-refractivity contribution in [2.24, 2.45) is 0 Å². The minimum absolute atomic E-state index is 0.168. The van der Waals surface area contributed by atoms with E-state index in [4.69, 9.17) is 40.2 Å². The van der Waals surface area contributed by atoms with E-state index in [2.05, 4.69) is 0 Å². The third-order valence-electron chi connectivity index (χ3n) is 5.15. The van der Waals surface area contributed by atoms with E-state index in [0.29, 0.717) is 27.9 Å². The third kappa shape index (κ3) is 4.48. The number of hydrogen-bond donors (Lipinski definition) is 0. The molecule has 8 heteroatoms. The van der Waals surface area contributed by atoms with Crippen LogP contribution in [0.4, 0.5) is 5.69 Å². The standard InChI is InChI=1S/C24H18Cl2N2O3S/c1-31-22(29)14-27-21(23(30)28(24(27)32)20-9-7-18(25)8-10-20)12-15-5-6-17(11-15)16-3-2-4-19(26)13-16/h2-10,12-13H,11,14H2,1H3/b21-12-. The predicted octanol–water partition coefficient (Wildman–Crippen LogP) is 5.40. The van der Waals surface area contributed by atoms with E-state index in [9.17, 15) is 9.59 Å². The summed E-state index contributed by atoms with van der Waals surface area (Å²) in [4.78, 5) is 28.3. The highest BCUT2D eigenvalue weighted by atomic mass is 35.5. The zero-order valence-electron chi connectivity index (χ0n) is 17.0. The van der Waals surface area contributed by atoms with Gasteiger partial charge in [0.25, 0.3) is 5.91 Å². The number of halogens is 2. The summed E-state index contributed by atoms with van der Waals surface area (Å²) >= 11 is 17.7. The van der Waals surface area contributed by atoms with Crippen LogP contribution in [0.5, 0.6) is 0 Å². The maximum absolute atomic E-state index is 13.3. The van der Waals surface area contributed by atoms with Crippen molar-refractivity contribution in [1.82, 2.24) is 4.90 Å². The zero-order valence-corrected chi connectivity index (χ0v) is 19.4. The lowest BCUT2D eigenvalue weighted by molar-refractivity contribution is -0.140. The molecule has 162 valence electrons. The Labute approximate surface area is 201 Å². The molecule has 0 unspecified atom stereocenters.